The van der Waals surface area contributed by atoms with Crippen LogP contribution < -0.4 is 15.8 Å². The molecule has 2 aliphatic rings. The average Bonchev–Trinajstić information content (AvgIpc) is 3.35. The summed E-state index contributed by atoms with van der Waals surface area (Å²) in [6.45, 7) is 1.57. The second-order valence-electron chi connectivity index (χ2n) is 11.1. The van der Waals surface area contributed by atoms with Gasteiger partial charge in [0.1, 0.15) is 17.0 Å². The third-order valence-electron chi connectivity index (χ3n) is 8.18. The van der Waals surface area contributed by atoms with Crippen LogP contribution in [0.4, 0.5) is 5.69 Å². The highest BCUT2D eigenvalue weighted by atomic mass is 35.5. The van der Waals surface area contributed by atoms with Gasteiger partial charge in [0.2, 0.25) is 15.9 Å². The largest absolute Gasteiger partial charge is 0.480 e. The number of carbonyl (C=O) groups is 4. The Morgan fingerprint density at radius 3 is 2.37 bits per heavy atom. The van der Waals surface area contributed by atoms with E-state index >= 15 is 0 Å². The number of carboxylic acid groups (broad SMARTS) is 2. The van der Waals surface area contributed by atoms with Crippen molar-refractivity contribution in [1.29, 1.82) is 0 Å². The van der Waals surface area contributed by atoms with Gasteiger partial charge in [0.15, 0.2) is 0 Å². The van der Waals surface area contributed by atoms with Gasteiger partial charge < -0.3 is 20.4 Å². The van der Waals surface area contributed by atoms with Gasteiger partial charge in [0.25, 0.3) is 5.91 Å². The standard InChI is InChI=1S/C29H35ClN4O8S/c1-16(27(36)34-23-5-3-2-4-18(23)14-24(34)29(39)40)32-22(28(37)38)13-8-17-6-10-20(11-7-17)33-26(35)19-9-12-21(30)25(15-19)43(31,41)42/h6-7,9-12,15-16,18,22-24,32H,2-5,8,13-14H2,1H3,(H,33,35)(H,37,38)(H,39,40)(H2,31,41,42)/t16-,18+,22-,23-,24-/m0/s1. The van der Waals surface area contributed by atoms with E-state index in [0.29, 0.717) is 18.5 Å². The number of benzene rings is 2. The van der Waals surface area contributed by atoms with Gasteiger partial charge >= 0.3 is 11.9 Å². The Balaban J connectivity index is 1.35. The molecule has 2 aromatic carbocycles. The number of nitrogens with two attached hydrogens (primary N) is 1. The molecule has 2 amide bonds. The number of nitrogens with one attached hydrogen (secondary N) is 2. The van der Waals surface area contributed by atoms with Crippen LogP contribution in [-0.2, 0) is 30.8 Å². The molecule has 1 aliphatic carbocycles. The molecular weight excluding hydrogens is 600 g/mol. The number of carboxylic acids is 2. The van der Waals surface area contributed by atoms with Crippen LogP contribution >= 0.6 is 11.6 Å². The minimum Gasteiger partial charge on any atom is -0.480 e. The van der Waals surface area contributed by atoms with E-state index in [4.69, 9.17) is 16.7 Å². The zero-order valence-electron chi connectivity index (χ0n) is 23.5. The quantitative estimate of drug-likeness (QED) is 0.247. The van der Waals surface area contributed by atoms with Gasteiger partial charge in [-0.25, -0.2) is 18.4 Å². The number of sulfonamides is 1. The van der Waals surface area contributed by atoms with Gasteiger partial charge in [0, 0.05) is 17.3 Å². The molecule has 1 heterocycles. The van der Waals surface area contributed by atoms with Gasteiger partial charge in [-0.3, -0.25) is 19.7 Å². The predicted octanol–water partition coefficient (Wildman–Crippen LogP) is 2.85. The lowest BCUT2D eigenvalue weighted by Gasteiger charge is -2.35. The predicted molar refractivity (Wildman–Crippen MR) is 158 cm³/mol. The summed E-state index contributed by atoms with van der Waals surface area (Å²) in [4.78, 5) is 51.1. The Bertz CT molecular complexity index is 1500. The topological polar surface area (TPSA) is 196 Å². The SMILES string of the molecule is C[C@H](N[C@@H](CCc1ccc(NC(=O)c2ccc(Cl)c(S(N)(=O)=O)c2)cc1)C(=O)O)C(=O)N1[C@H](C(=O)O)C[C@H]2CCCC[C@@H]21. The molecule has 1 saturated heterocycles. The van der Waals surface area contributed by atoms with Crippen molar-refractivity contribution < 1.29 is 37.8 Å². The van der Waals surface area contributed by atoms with Crippen LogP contribution in [0.15, 0.2) is 47.4 Å². The van der Waals surface area contributed by atoms with Crippen molar-refractivity contribution >= 4 is 51.1 Å². The second kappa shape index (κ2) is 13.4. The Labute approximate surface area is 254 Å². The van der Waals surface area contributed by atoms with E-state index in [2.05, 4.69) is 10.6 Å². The molecule has 4 rings (SSSR count). The van der Waals surface area contributed by atoms with Crippen molar-refractivity contribution in [3.05, 3.63) is 58.6 Å². The molecule has 0 unspecified atom stereocenters. The number of hydrogen-bond donors (Lipinski definition) is 5. The summed E-state index contributed by atoms with van der Waals surface area (Å²) in [7, 11) is -4.12. The van der Waals surface area contributed by atoms with Crippen molar-refractivity contribution in [2.75, 3.05) is 5.32 Å². The number of halogens is 1. The van der Waals surface area contributed by atoms with Crippen LogP contribution in [-0.4, -0.2) is 71.5 Å². The van der Waals surface area contributed by atoms with Crippen molar-refractivity contribution in [3.63, 3.8) is 0 Å². The summed E-state index contributed by atoms with van der Waals surface area (Å²) >= 11 is 5.88. The summed E-state index contributed by atoms with van der Waals surface area (Å²) in [5, 5.41) is 30.2. The fourth-order valence-electron chi connectivity index (χ4n) is 6.00. The fourth-order valence-corrected chi connectivity index (χ4v) is 7.08. The average molecular weight is 635 g/mol. The summed E-state index contributed by atoms with van der Waals surface area (Å²) in [5.41, 5.74) is 1.25. The molecule has 2 fully saturated rings. The van der Waals surface area contributed by atoms with E-state index in [1.807, 2.05) is 0 Å². The summed E-state index contributed by atoms with van der Waals surface area (Å²) in [6.07, 6.45) is 4.52. The van der Waals surface area contributed by atoms with Gasteiger partial charge in [-0.05, 0) is 80.8 Å². The normalized spacial score (nSPS) is 21.5. The molecular formula is C29H35ClN4O8S. The third kappa shape index (κ3) is 7.71. The first-order valence-corrected chi connectivity index (χ1v) is 15.9. The minimum atomic E-state index is -4.12. The van der Waals surface area contributed by atoms with E-state index in [9.17, 15) is 37.8 Å². The minimum absolute atomic E-state index is 0.0409. The highest BCUT2D eigenvalue weighted by Gasteiger charge is 2.48. The van der Waals surface area contributed by atoms with Gasteiger partial charge in [0.05, 0.1) is 11.1 Å². The number of carbonyl (C=O) groups excluding carboxylic acids is 2. The van der Waals surface area contributed by atoms with Gasteiger partial charge in [-0.1, -0.05) is 36.6 Å². The van der Waals surface area contributed by atoms with Crippen LogP contribution in [0.5, 0.6) is 0 Å². The Morgan fingerprint density at radius 2 is 1.74 bits per heavy atom. The molecule has 43 heavy (non-hydrogen) atoms. The molecule has 0 radical (unpaired) electrons. The lowest BCUT2D eigenvalue weighted by molar-refractivity contribution is -0.151. The Kier molecular flexibility index (Phi) is 10.1. The maximum atomic E-state index is 13.4. The van der Waals surface area contributed by atoms with E-state index in [1.54, 1.807) is 31.2 Å². The van der Waals surface area contributed by atoms with Crippen molar-refractivity contribution in [2.45, 2.75) is 80.9 Å². The van der Waals surface area contributed by atoms with Crippen LogP contribution in [0.1, 0.15) is 61.4 Å². The van der Waals surface area contributed by atoms with Gasteiger partial charge in [-0.2, -0.15) is 0 Å². The molecule has 0 spiro atoms. The molecule has 2 aromatic rings. The van der Waals surface area contributed by atoms with Crippen molar-refractivity contribution in [1.82, 2.24) is 10.2 Å². The molecule has 1 saturated carbocycles. The van der Waals surface area contributed by atoms with Crippen LogP contribution in [0.25, 0.3) is 0 Å². The highest BCUT2D eigenvalue weighted by molar-refractivity contribution is 7.89. The smallest absolute Gasteiger partial charge is 0.326 e. The first kappa shape index (κ1) is 32.4. The first-order valence-electron chi connectivity index (χ1n) is 14.0. The number of rotatable bonds is 11. The van der Waals surface area contributed by atoms with E-state index in [-0.39, 0.29) is 33.9 Å². The summed E-state index contributed by atoms with van der Waals surface area (Å²) < 4.78 is 23.4. The molecule has 12 nitrogen and oxygen atoms in total. The number of primary sulfonamides is 1. The lowest BCUT2D eigenvalue weighted by Crippen LogP contribution is -2.55. The number of aliphatic carboxylic acids is 2. The zero-order valence-corrected chi connectivity index (χ0v) is 25.1. The highest BCUT2D eigenvalue weighted by Crippen LogP contribution is 2.40. The maximum Gasteiger partial charge on any atom is 0.326 e. The fraction of sp³-hybridized carbons (Fsp3) is 0.448. The number of hydrogen-bond acceptors (Lipinski definition) is 7. The molecule has 1 aliphatic heterocycles. The van der Waals surface area contributed by atoms with Crippen molar-refractivity contribution in [3.8, 4) is 0 Å². The third-order valence-corrected chi connectivity index (χ3v) is 9.57. The molecule has 0 aromatic heterocycles. The molecule has 0 bridgehead atoms. The Hall–Kier alpha value is -3.52. The number of anilines is 1. The van der Waals surface area contributed by atoms with Crippen LogP contribution in [0, 0.1) is 5.92 Å². The Morgan fingerprint density at radius 1 is 1.07 bits per heavy atom. The molecule has 6 N–H and O–H groups in total. The number of fused-ring (bicyclic) bond motifs is 1. The molecule has 14 heteroatoms. The number of amides is 2. The summed E-state index contributed by atoms with van der Waals surface area (Å²) in [5.74, 6) is -2.99. The number of nitrogens with zero attached hydrogens (tertiary/aromatic N) is 1. The maximum absolute atomic E-state index is 13.4. The van der Waals surface area contributed by atoms with E-state index < -0.39 is 51.9 Å². The monoisotopic (exact) mass is 634 g/mol. The molecule has 232 valence electrons. The van der Waals surface area contributed by atoms with E-state index in [0.717, 1.165) is 37.3 Å². The second-order valence-corrected chi connectivity index (χ2v) is 13.0. The van der Waals surface area contributed by atoms with Crippen LogP contribution in [0.3, 0.4) is 0 Å². The first-order chi connectivity index (χ1) is 20.3. The molecule has 5 atom stereocenters. The number of aryl methyl sites for hydroxylation is 1. The lowest BCUT2D eigenvalue weighted by atomic mass is 9.84. The number of likely N-dealkylation sites (tertiary alicyclic amines) is 1. The van der Waals surface area contributed by atoms with Crippen LogP contribution in [0.2, 0.25) is 5.02 Å². The zero-order chi connectivity index (χ0) is 31.5. The van der Waals surface area contributed by atoms with Gasteiger partial charge in [-0.15, -0.1) is 0 Å². The summed E-state index contributed by atoms with van der Waals surface area (Å²) in [6, 6.07) is 7.42. The van der Waals surface area contributed by atoms with E-state index in [1.165, 1.54) is 17.0 Å². The van der Waals surface area contributed by atoms with Crippen molar-refractivity contribution in [2.24, 2.45) is 11.1 Å².